The highest BCUT2D eigenvalue weighted by Crippen LogP contribution is 2.28. The summed E-state index contributed by atoms with van der Waals surface area (Å²) in [7, 11) is 0. The molecule has 1 N–H and O–H groups in total. The second-order valence-corrected chi connectivity index (χ2v) is 9.07. The number of hydrogen-bond acceptors (Lipinski definition) is 7. The molecule has 10 heteroatoms. The van der Waals surface area contributed by atoms with Crippen molar-refractivity contribution in [2.75, 3.05) is 29.1 Å². The number of carbonyl (C=O) groups is 1. The van der Waals surface area contributed by atoms with Crippen molar-refractivity contribution < 1.29 is 4.79 Å². The van der Waals surface area contributed by atoms with Gasteiger partial charge in [-0.1, -0.05) is 46.8 Å². The maximum atomic E-state index is 13.1. The fraction of sp³-hybridized carbons (Fsp3) is 0.333. The number of hydrogen-bond donors (Lipinski definition) is 1. The predicted molar refractivity (Wildman–Crippen MR) is 131 cm³/mol. The number of benzene rings is 1. The minimum atomic E-state index is -0.239. The van der Waals surface area contributed by atoms with Gasteiger partial charge in [0.25, 0.3) is 5.56 Å². The molecule has 0 radical (unpaired) electrons. The third-order valence-electron chi connectivity index (χ3n) is 4.55. The Labute approximate surface area is 194 Å². The van der Waals surface area contributed by atoms with Gasteiger partial charge in [-0.15, -0.1) is 6.58 Å². The molecular formula is C21H24ClN5O2S2. The van der Waals surface area contributed by atoms with Crippen LogP contribution in [0.4, 0.5) is 10.8 Å². The van der Waals surface area contributed by atoms with Gasteiger partial charge in [0.1, 0.15) is 4.70 Å². The summed E-state index contributed by atoms with van der Waals surface area (Å²) in [6.45, 7) is 11.6. The Morgan fingerprint density at radius 1 is 1.35 bits per heavy atom. The lowest BCUT2D eigenvalue weighted by Gasteiger charge is -2.15. The van der Waals surface area contributed by atoms with Crippen LogP contribution in [-0.2, 0) is 11.3 Å². The number of aromatic nitrogens is 3. The fourth-order valence-electron chi connectivity index (χ4n) is 2.94. The standard InChI is InChI=1S/C21H24ClN5O2S2/c1-5-10-27-19(29)17-18(24-20(31-17)26(6-2)7-3)25-21(27)30-12-16(28)23-15-9-8-13(4)11-14(15)22/h5,8-9,11H,1,6-7,10,12H2,2-4H3,(H,23,28). The number of fused-ring (bicyclic) bond motifs is 1. The first-order valence-electron chi connectivity index (χ1n) is 9.83. The van der Waals surface area contributed by atoms with Crippen LogP contribution in [0, 0.1) is 6.92 Å². The van der Waals surface area contributed by atoms with E-state index in [1.807, 2.05) is 26.8 Å². The van der Waals surface area contributed by atoms with Crippen molar-refractivity contribution in [1.82, 2.24) is 14.5 Å². The average molecular weight is 478 g/mol. The van der Waals surface area contributed by atoms with Crippen molar-refractivity contribution in [3.05, 3.63) is 51.8 Å². The van der Waals surface area contributed by atoms with E-state index in [2.05, 4.69) is 26.8 Å². The van der Waals surface area contributed by atoms with Crippen LogP contribution in [0.1, 0.15) is 19.4 Å². The average Bonchev–Trinajstić information content (AvgIpc) is 3.16. The summed E-state index contributed by atoms with van der Waals surface area (Å²) in [4.78, 5) is 36.7. The molecule has 0 aliphatic heterocycles. The first-order chi connectivity index (χ1) is 14.9. The van der Waals surface area contributed by atoms with Crippen molar-refractivity contribution in [2.24, 2.45) is 0 Å². The van der Waals surface area contributed by atoms with Gasteiger partial charge in [-0.3, -0.25) is 14.2 Å². The van der Waals surface area contributed by atoms with Crippen molar-refractivity contribution in [2.45, 2.75) is 32.5 Å². The van der Waals surface area contributed by atoms with Gasteiger partial charge in [-0.05, 0) is 38.5 Å². The Morgan fingerprint density at radius 2 is 2.10 bits per heavy atom. The summed E-state index contributed by atoms with van der Waals surface area (Å²) in [5, 5.41) is 4.47. The molecule has 0 spiro atoms. The third kappa shape index (κ3) is 5.28. The van der Waals surface area contributed by atoms with Gasteiger partial charge in [0.2, 0.25) is 5.91 Å². The Morgan fingerprint density at radius 3 is 2.74 bits per heavy atom. The summed E-state index contributed by atoms with van der Waals surface area (Å²) in [5.41, 5.74) is 1.79. The summed E-state index contributed by atoms with van der Waals surface area (Å²) in [6, 6.07) is 5.43. The van der Waals surface area contributed by atoms with Crippen LogP contribution in [0.2, 0.25) is 5.02 Å². The number of carbonyl (C=O) groups excluding carboxylic acids is 1. The third-order valence-corrected chi connectivity index (χ3v) is 6.93. The van der Waals surface area contributed by atoms with Gasteiger partial charge in [0.15, 0.2) is 15.9 Å². The number of halogens is 1. The second-order valence-electron chi connectivity index (χ2n) is 6.74. The van der Waals surface area contributed by atoms with E-state index >= 15 is 0 Å². The number of amides is 1. The van der Waals surface area contributed by atoms with Crippen LogP contribution in [0.25, 0.3) is 10.3 Å². The molecule has 3 aromatic rings. The first kappa shape index (κ1) is 23.3. The van der Waals surface area contributed by atoms with Crippen LogP contribution < -0.4 is 15.8 Å². The largest absolute Gasteiger partial charge is 0.349 e. The minimum Gasteiger partial charge on any atom is -0.349 e. The normalized spacial score (nSPS) is 11.0. The summed E-state index contributed by atoms with van der Waals surface area (Å²) < 4.78 is 2.03. The van der Waals surface area contributed by atoms with E-state index in [1.54, 1.807) is 18.2 Å². The zero-order valence-corrected chi connectivity index (χ0v) is 20.0. The lowest BCUT2D eigenvalue weighted by atomic mass is 10.2. The van der Waals surface area contributed by atoms with Crippen LogP contribution in [0.3, 0.4) is 0 Å². The maximum absolute atomic E-state index is 13.1. The second kappa shape index (κ2) is 10.3. The zero-order chi connectivity index (χ0) is 22.5. The molecule has 0 aliphatic rings. The molecule has 0 saturated carbocycles. The quantitative estimate of drug-likeness (QED) is 0.276. The monoisotopic (exact) mass is 477 g/mol. The molecule has 3 rings (SSSR count). The van der Waals surface area contributed by atoms with Gasteiger partial charge in [0.05, 0.1) is 16.5 Å². The van der Waals surface area contributed by atoms with Crippen molar-refractivity contribution in [3.8, 4) is 0 Å². The molecular weight excluding hydrogens is 454 g/mol. The van der Waals surface area contributed by atoms with E-state index < -0.39 is 0 Å². The number of rotatable bonds is 9. The SMILES string of the molecule is C=CCn1c(SCC(=O)Nc2ccc(C)cc2Cl)nc2nc(N(CC)CC)sc2c1=O. The molecule has 7 nitrogen and oxygen atoms in total. The van der Waals surface area contributed by atoms with E-state index in [0.717, 1.165) is 23.8 Å². The van der Waals surface area contributed by atoms with E-state index in [0.29, 0.717) is 32.8 Å². The van der Waals surface area contributed by atoms with E-state index in [-0.39, 0.29) is 17.2 Å². The van der Waals surface area contributed by atoms with E-state index in [1.165, 1.54) is 27.7 Å². The number of allylic oxidation sites excluding steroid dienone is 1. The molecule has 0 aliphatic carbocycles. The molecule has 0 saturated heterocycles. The number of nitrogens with one attached hydrogen (secondary N) is 1. The van der Waals surface area contributed by atoms with E-state index in [9.17, 15) is 9.59 Å². The number of aryl methyl sites for hydroxylation is 1. The highest BCUT2D eigenvalue weighted by Gasteiger charge is 2.18. The lowest BCUT2D eigenvalue weighted by Crippen LogP contribution is -2.23. The Kier molecular flexibility index (Phi) is 7.74. The molecule has 31 heavy (non-hydrogen) atoms. The van der Waals surface area contributed by atoms with Gasteiger partial charge in [-0.25, -0.2) is 4.98 Å². The van der Waals surface area contributed by atoms with Gasteiger partial charge < -0.3 is 10.2 Å². The molecule has 2 heterocycles. The Bertz CT molecular complexity index is 1170. The number of anilines is 2. The van der Waals surface area contributed by atoms with Crippen LogP contribution >= 0.6 is 34.7 Å². The Hall–Kier alpha value is -2.36. The topological polar surface area (TPSA) is 80.1 Å². The number of thioether (sulfide) groups is 1. The highest BCUT2D eigenvalue weighted by molar-refractivity contribution is 7.99. The molecule has 0 bridgehead atoms. The molecule has 2 aromatic heterocycles. The molecule has 0 atom stereocenters. The van der Waals surface area contributed by atoms with Gasteiger partial charge >= 0.3 is 0 Å². The van der Waals surface area contributed by atoms with Gasteiger partial charge in [-0.2, -0.15) is 4.98 Å². The van der Waals surface area contributed by atoms with E-state index in [4.69, 9.17) is 11.6 Å². The zero-order valence-electron chi connectivity index (χ0n) is 17.6. The fourth-order valence-corrected chi connectivity index (χ4v) is 5.11. The number of nitrogens with zero attached hydrogens (tertiary/aromatic N) is 4. The molecule has 0 unspecified atom stereocenters. The Balaban J connectivity index is 1.86. The molecule has 0 fully saturated rings. The molecule has 164 valence electrons. The van der Waals surface area contributed by atoms with Crippen molar-refractivity contribution in [1.29, 1.82) is 0 Å². The summed E-state index contributed by atoms with van der Waals surface area (Å²) in [6.07, 6.45) is 1.64. The van der Waals surface area contributed by atoms with Crippen molar-refractivity contribution >= 4 is 61.8 Å². The maximum Gasteiger partial charge on any atom is 0.274 e. The van der Waals surface area contributed by atoms with Crippen LogP contribution in [0.15, 0.2) is 40.8 Å². The predicted octanol–water partition coefficient (Wildman–Crippen LogP) is 4.58. The number of thiazole rings is 1. The first-order valence-corrected chi connectivity index (χ1v) is 12.0. The summed E-state index contributed by atoms with van der Waals surface area (Å²) in [5.74, 6) is -0.163. The van der Waals surface area contributed by atoms with Crippen LogP contribution in [-0.4, -0.2) is 39.3 Å². The smallest absolute Gasteiger partial charge is 0.274 e. The van der Waals surface area contributed by atoms with Crippen LogP contribution in [0.5, 0.6) is 0 Å². The highest BCUT2D eigenvalue weighted by atomic mass is 35.5. The summed E-state index contributed by atoms with van der Waals surface area (Å²) >= 11 is 8.72. The molecule has 1 amide bonds. The minimum absolute atomic E-state index is 0.0757. The van der Waals surface area contributed by atoms with Gasteiger partial charge in [0, 0.05) is 19.6 Å². The lowest BCUT2D eigenvalue weighted by molar-refractivity contribution is -0.113. The molecule has 1 aromatic carbocycles. The van der Waals surface area contributed by atoms with Crippen molar-refractivity contribution in [3.63, 3.8) is 0 Å².